The first-order valence-electron chi connectivity index (χ1n) is 11.0. The minimum atomic E-state index is -0.601. The number of ether oxygens (including phenoxy) is 1. The minimum Gasteiger partial charge on any atom is -0.487 e. The molecule has 1 unspecified atom stereocenters. The number of hydrogen-bond acceptors (Lipinski definition) is 6. The lowest BCUT2D eigenvalue weighted by Crippen LogP contribution is -2.30. The predicted molar refractivity (Wildman–Crippen MR) is 133 cm³/mol. The summed E-state index contributed by atoms with van der Waals surface area (Å²) in [7, 11) is 0. The largest absolute Gasteiger partial charge is 0.487 e. The van der Waals surface area contributed by atoms with E-state index in [0.29, 0.717) is 30.2 Å². The summed E-state index contributed by atoms with van der Waals surface area (Å²) in [5.41, 5.74) is 1.36. The molecule has 36 heavy (non-hydrogen) atoms. The van der Waals surface area contributed by atoms with Crippen molar-refractivity contribution in [3.8, 4) is 5.75 Å². The highest BCUT2D eigenvalue weighted by Crippen LogP contribution is 2.37. The Kier molecular flexibility index (Phi) is 7.74. The van der Waals surface area contributed by atoms with Gasteiger partial charge in [0.2, 0.25) is 5.91 Å². The summed E-state index contributed by atoms with van der Waals surface area (Å²) in [5, 5.41) is 7.75. The summed E-state index contributed by atoms with van der Waals surface area (Å²) in [6, 6.07) is 9.29. The smallest absolute Gasteiger partial charge is 0.246 e. The molecule has 1 N–H and O–H groups in total. The zero-order chi connectivity index (χ0) is 25.7. The molecule has 1 aliphatic rings. The summed E-state index contributed by atoms with van der Waals surface area (Å²) in [4.78, 5) is 29.5. The number of pyridine rings is 1. The second-order valence-corrected chi connectivity index (χ2v) is 8.45. The summed E-state index contributed by atoms with van der Waals surface area (Å²) in [6.45, 7) is 4.37. The molecule has 1 aliphatic heterocycles. The van der Waals surface area contributed by atoms with Crippen LogP contribution in [0.15, 0.2) is 72.8 Å². The van der Waals surface area contributed by atoms with Gasteiger partial charge in [0, 0.05) is 30.9 Å². The van der Waals surface area contributed by atoms with Crippen molar-refractivity contribution >= 4 is 34.6 Å². The van der Waals surface area contributed by atoms with Gasteiger partial charge in [-0.1, -0.05) is 18.2 Å². The Morgan fingerprint density at radius 1 is 1.31 bits per heavy atom. The van der Waals surface area contributed by atoms with Crippen LogP contribution < -0.4 is 15.1 Å². The maximum atomic E-state index is 13.9. The average molecular weight is 514 g/mol. The number of anilines is 3. The van der Waals surface area contributed by atoms with Gasteiger partial charge in [0.05, 0.1) is 27.9 Å². The van der Waals surface area contributed by atoms with Gasteiger partial charge in [0.1, 0.15) is 29.7 Å². The van der Waals surface area contributed by atoms with E-state index in [1.165, 1.54) is 24.4 Å². The van der Waals surface area contributed by atoms with Crippen LogP contribution in [0, 0.1) is 16.5 Å². The van der Waals surface area contributed by atoms with Gasteiger partial charge in [0.15, 0.2) is 0 Å². The van der Waals surface area contributed by atoms with Crippen molar-refractivity contribution in [2.24, 2.45) is 5.29 Å². The Morgan fingerprint density at radius 2 is 2.14 bits per heavy atom. The van der Waals surface area contributed by atoms with Gasteiger partial charge in [-0.2, -0.15) is 5.01 Å². The monoisotopic (exact) mass is 513 g/mol. The van der Waals surface area contributed by atoms with Crippen LogP contribution in [0.3, 0.4) is 0 Å². The Morgan fingerprint density at radius 3 is 2.89 bits per heavy atom. The average Bonchev–Trinajstić information content (AvgIpc) is 3.35. The summed E-state index contributed by atoms with van der Waals surface area (Å²) in [5.74, 6) is -1.10. The van der Waals surface area contributed by atoms with Crippen molar-refractivity contribution in [2.45, 2.75) is 19.1 Å². The summed E-state index contributed by atoms with van der Waals surface area (Å²) < 4.78 is 32.8. The van der Waals surface area contributed by atoms with E-state index in [2.05, 4.69) is 22.2 Å². The summed E-state index contributed by atoms with van der Waals surface area (Å²) >= 11 is 6.35. The molecule has 3 aromatic rings. The van der Waals surface area contributed by atoms with E-state index in [1.807, 2.05) is 0 Å². The molecule has 8 nitrogen and oxygen atoms in total. The molecule has 0 bridgehead atoms. The number of carbonyl (C=O) groups is 1. The lowest BCUT2D eigenvalue weighted by Gasteiger charge is -2.22. The van der Waals surface area contributed by atoms with Gasteiger partial charge >= 0.3 is 0 Å². The number of hydrogen-bond donors (Lipinski definition) is 1. The van der Waals surface area contributed by atoms with Crippen molar-refractivity contribution in [2.75, 3.05) is 23.4 Å². The molecule has 0 spiro atoms. The zero-order valence-electron chi connectivity index (χ0n) is 19.0. The topological polar surface area (TPSA) is 87.1 Å². The van der Waals surface area contributed by atoms with Crippen LogP contribution in [0.2, 0.25) is 5.02 Å². The maximum Gasteiger partial charge on any atom is 0.246 e. The van der Waals surface area contributed by atoms with Gasteiger partial charge in [-0.15, -0.1) is 4.91 Å². The van der Waals surface area contributed by atoms with Gasteiger partial charge in [-0.3, -0.25) is 9.78 Å². The maximum absolute atomic E-state index is 13.9. The third-order valence-corrected chi connectivity index (χ3v) is 5.99. The number of nitrogens with zero attached hydrogens (tertiary/aromatic N) is 4. The number of nitrogens with one attached hydrogen (secondary N) is 1. The normalized spacial score (nSPS) is 14.9. The lowest BCUT2D eigenvalue weighted by molar-refractivity contribution is -0.125. The molecule has 2 aromatic carbocycles. The van der Waals surface area contributed by atoms with Crippen LogP contribution in [0.5, 0.6) is 5.75 Å². The second kappa shape index (κ2) is 11.1. The Balaban J connectivity index is 1.51. The molecule has 186 valence electrons. The fraction of sp³-hybridized carbons (Fsp3) is 0.200. The van der Waals surface area contributed by atoms with E-state index < -0.39 is 11.6 Å². The number of benzene rings is 2. The van der Waals surface area contributed by atoms with Crippen molar-refractivity contribution in [3.63, 3.8) is 0 Å². The molecule has 0 saturated carbocycles. The highest BCUT2D eigenvalue weighted by molar-refractivity contribution is 6.32. The van der Waals surface area contributed by atoms with Crippen LogP contribution in [-0.2, 0) is 11.4 Å². The molecule has 0 radical (unpaired) electrons. The van der Waals surface area contributed by atoms with E-state index >= 15 is 0 Å². The summed E-state index contributed by atoms with van der Waals surface area (Å²) in [6.07, 6.45) is 5.06. The third-order valence-electron chi connectivity index (χ3n) is 5.70. The highest BCUT2D eigenvalue weighted by atomic mass is 35.5. The molecular weight excluding hydrogens is 492 g/mol. The molecule has 1 fully saturated rings. The molecule has 11 heteroatoms. The number of halogens is 3. The van der Waals surface area contributed by atoms with Gasteiger partial charge < -0.3 is 15.0 Å². The van der Waals surface area contributed by atoms with Gasteiger partial charge in [0.25, 0.3) is 0 Å². The Hall–Kier alpha value is -4.05. The Labute approximate surface area is 211 Å². The third kappa shape index (κ3) is 5.60. The van der Waals surface area contributed by atoms with Gasteiger partial charge in [-0.25, -0.2) is 8.78 Å². The Bertz CT molecular complexity index is 1290. The molecule has 1 amide bonds. The van der Waals surface area contributed by atoms with Gasteiger partial charge in [-0.05, 0) is 55.0 Å². The second-order valence-electron chi connectivity index (χ2n) is 8.04. The molecule has 4 rings (SSSR count). The van der Waals surface area contributed by atoms with E-state index in [-0.39, 0.29) is 34.9 Å². The number of likely N-dealkylation sites (tertiary alicyclic amines) is 1. The number of aromatic nitrogens is 1. The molecular formula is C25H22ClF2N5O3. The van der Waals surface area contributed by atoms with Crippen LogP contribution in [0.4, 0.5) is 25.8 Å². The van der Waals surface area contributed by atoms with Crippen molar-refractivity contribution in [3.05, 3.63) is 94.6 Å². The zero-order valence-corrected chi connectivity index (χ0v) is 19.8. The van der Waals surface area contributed by atoms with Crippen LogP contribution in [0.1, 0.15) is 12.0 Å². The van der Waals surface area contributed by atoms with E-state index in [4.69, 9.17) is 16.3 Å². The quantitative estimate of drug-likeness (QED) is 0.227. The number of rotatable bonds is 9. The van der Waals surface area contributed by atoms with Crippen LogP contribution in [0.25, 0.3) is 0 Å². The molecule has 0 aliphatic carbocycles. The fourth-order valence-corrected chi connectivity index (χ4v) is 4.11. The first-order valence-corrected chi connectivity index (χ1v) is 11.4. The molecule has 2 heterocycles. The lowest BCUT2D eigenvalue weighted by atomic mass is 10.2. The minimum absolute atomic E-state index is 0.0360. The highest BCUT2D eigenvalue weighted by Gasteiger charge is 2.26. The van der Waals surface area contributed by atoms with Crippen LogP contribution in [-0.4, -0.2) is 34.9 Å². The molecule has 1 aromatic heterocycles. The van der Waals surface area contributed by atoms with Crippen molar-refractivity contribution in [1.29, 1.82) is 0 Å². The SMILES string of the molecule is C=CC(=O)N1CCC(Nc2ccncc2N(N=O)c2ccc(OCc3cc(F)ccc3F)c(Cl)c2)C1. The first kappa shape index (κ1) is 25.1. The fourth-order valence-electron chi connectivity index (χ4n) is 3.88. The molecule has 1 atom stereocenters. The van der Waals surface area contributed by atoms with E-state index in [1.54, 1.807) is 23.2 Å². The number of amides is 1. The molecule has 1 saturated heterocycles. The van der Waals surface area contributed by atoms with E-state index in [0.717, 1.165) is 29.6 Å². The van der Waals surface area contributed by atoms with E-state index in [9.17, 15) is 18.5 Å². The number of carbonyl (C=O) groups excluding carboxylic acids is 1. The van der Waals surface area contributed by atoms with Crippen molar-refractivity contribution < 1.29 is 18.3 Å². The predicted octanol–water partition coefficient (Wildman–Crippen LogP) is 5.61. The first-order chi connectivity index (χ1) is 17.4. The number of nitroso groups, excluding NO2 is 1. The van der Waals surface area contributed by atoms with Crippen molar-refractivity contribution in [1.82, 2.24) is 9.88 Å². The van der Waals surface area contributed by atoms with Crippen LogP contribution >= 0.6 is 11.6 Å². The standard InChI is InChI=1S/C25H22ClF2N5O3/c1-2-25(34)32-10-8-18(14-32)30-22-7-9-29-13-23(22)33(31-35)19-4-6-24(20(26)12-19)36-15-16-11-17(27)3-5-21(16)28/h2-7,9,11-13,18H,1,8,10,14-15H2,(H,29,30).